The molecule has 6 nitrogen and oxygen atoms in total. The van der Waals surface area contributed by atoms with Crippen LogP contribution >= 0.6 is 0 Å². The highest BCUT2D eigenvalue weighted by Gasteiger charge is 2.14. The average Bonchev–Trinajstić information content (AvgIpc) is 3.31. The summed E-state index contributed by atoms with van der Waals surface area (Å²) in [5, 5.41) is 0. The van der Waals surface area contributed by atoms with E-state index in [1.54, 1.807) is 0 Å². The molecule has 28 heavy (non-hydrogen) atoms. The van der Waals surface area contributed by atoms with Crippen molar-refractivity contribution in [3.8, 4) is 22.8 Å². The minimum absolute atomic E-state index is 0.376. The molecular formula is C22H20N6. The molecule has 0 radical (unpaired) electrons. The van der Waals surface area contributed by atoms with Crippen LogP contribution in [0.4, 0.5) is 0 Å². The monoisotopic (exact) mass is 368 g/mol. The number of hydrogen-bond donors (Lipinski definition) is 2. The van der Waals surface area contributed by atoms with E-state index in [0.717, 1.165) is 44.8 Å². The van der Waals surface area contributed by atoms with E-state index in [9.17, 15) is 0 Å². The molecule has 4 N–H and O–H groups in total. The molecule has 0 unspecified atom stereocenters. The predicted molar refractivity (Wildman–Crippen MR) is 112 cm³/mol. The van der Waals surface area contributed by atoms with Crippen molar-refractivity contribution < 1.29 is 0 Å². The van der Waals surface area contributed by atoms with Gasteiger partial charge in [0.2, 0.25) is 0 Å². The summed E-state index contributed by atoms with van der Waals surface area (Å²) in [4.78, 5) is 9.53. The van der Waals surface area contributed by atoms with E-state index in [1.165, 1.54) is 0 Å². The summed E-state index contributed by atoms with van der Waals surface area (Å²) in [6.45, 7) is 0.751. The van der Waals surface area contributed by atoms with Crippen LogP contribution in [-0.4, -0.2) is 19.1 Å². The molecule has 2 aromatic heterocycles. The highest BCUT2D eigenvalue weighted by atomic mass is 15.1. The van der Waals surface area contributed by atoms with Crippen LogP contribution in [0.2, 0.25) is 0 Å². The van der Waals surface area contributed by atoms with E-state index in [2.05, 4.69) is 24.3 Å². The first kappa shape index (κ1) is 16.7. The zero-order valence-corrected chi connectivity index (χ0v) is 15.3. The number of aromatic nitrogens is 4. The average molecular weight is 368 g/mol. The lowest BCUT2D eigenvalue weighted by molar-refractivity contribution is 0.762. The minimum Gasteiger partial charge on any atom is -0.314 e. The third-order valence-electron chi connectivity index (χ3n) is 5.08. The molecule has 0 amide bonds. The zero-order chi connectivity index (χ0) is 19.1. The number of nitrogens with two attached hydrogens (primary N) is 2. The van der Waals surface area contributed by atoms with Crippen molar-refractivity contribution in [1.29, 1.82) is 0 Å². The molecule has 3 aromatic carbocycles. The molecule has 0 saturated heterocycles. The number of hydrogen-bond acceptors (Lipinski definition) is 4. The predicted octanol–water partition coefficient (Wildman–Crippen LogP) is 3.55. The molecule has 0 saturated carbocycles. The van der Waals surface area contributed by atoms with Gasteiger partial charge in [-0.15, -0.1) is 0 Å². The normalized spacial score (nSPS) is 11.5. The second kappa shape index (κ2) is 6.60. The molecule has 0 aliphatic heterocycles. The Morgan fingerprint density at radius 2 is 0.964 bits per heavy atom. The van der Waals surface area contributed by atoms with E-state index in [0.29, 0.717) is 13.3 Å². The summed E-state index contributed by atoms with van der Waals surface area (Å²) < 4.78 is 4.05. The van der Waals surface area contributed by atoms with Gasteiger partial charge in [0.15, 0.2) is 0 Å². The van der Waals surface area contributed by atoms with Gasteiger partial charge in [-0.2, -0.15) is 0 Å². The Balaban J connectivity index is 1.61. The van der Waals surface area contributed by atoms with Crippen molar-refractivity contribution >= 4 is 22.1 Å². The molecule has 0 bridgehead atoms. The summed E-state index contributed by atoms with van der Waals surface area (Å²) in [6.07, 6.45) is 0. The van der Waals surface area contributed by atoms with Crippen LogP contribution in [0.1, 0.15) is 0 Å². The van der Waals surface area contributed by atoms with Crippen LogP contribution in [0.25, 0.3) is 44.8 Å². The summed E-state index contributed by atoms with van der Waals surface area (Å²) in [5.41, 5.74) is 18.0. The molecule has 0 aliphatic rings. The maximum Gasteiger partial charge on any atom is 0.142 e. The molecule has 5 aromatic rings. The number of fused-ring (bicyclic) bond motifs is 2. The van der Waals surface area contributed by atoms with Crippen molar-refractivity contribution in [2.75, 3.05) is 0 Å². The molecule has 0 aliphatic carbocycles. The fraction of sp³-hybridized carbons (Fsp3) is 0.0909. The highest BCUT2D eigenvalue weighted by molar-refractivity contribution is 5.82. The summed E-state index contributed by atoms with van der Waals surface area (Å²) in [7, 11) is 0. The SMILES string of the molecule is NCn1c(-c2ccc(-c3nc4ccccc4n3CN)cc2)nc2ccccc21. The minimum atomic E-state index is 0.376. The molecular weight excluding hydrogens is 348 g/mol. The Labute approximate surface area is 162 Å². The Hall–Kier alpha value is -3.48. The third kappa shape index (κ3) is 2.51. The number of imidazole rings is 2. The van der Waals surface area contributed by atoms with Gasteiger partial charge in [0, 0.05) is 11.1 Å². The summed E-state index contributed by atoms with van der Waals surface area (Å²) >= 11 is 0. The van der Waals surface area contributed by atoms with Gasteiger partial charge in [-0.05, 0) is 24.3 Å². The van der Waals surface area contributed by atoms with Gasteiger partial charge in [0.05, 0.1) is 35.4 Å². The van der Waals surface area contributed by atoms with Crippen LogP contribution in [0.15, 0.2) is 72.8 Å². The molecule has 6 heteroatoms. The molecule has 0 spiro atoms. The van der Waals surface area contributed by atoms with Gasteiger partial charge in [-0.3, -0.25) is 0 Å². The van der Waals surface area contributed by atoms with Crippen LogP contribution in [0.3, 0.4) is 0 Å². The smallest absolute Gasteiger partial charge is 0.142 e. The maximum atomic E-state index is 6.00. The van der Waals surface area contributed by atoms with Crippen molar-refractivity contribution in [2.45, 2.75) is 13.3 Å². The molecule has 2 heterocycles. The quantitative estimate of drug-likeness (QED) is 0.508. The Morgan fingerprint density at radius 3 is 1.36 bits per heavy atom. The Morgan fingerprint density at radius 1 is 0.571 bits per heavy atom. The Bertz CT molecular complexity index is 1180. The standard InChI is InChI=1S/C22H20N6/c23-13-27-19-7-3-1-5-17(19)25-21(27)15-9-11-16(12-10-15)22-26-18-6-2-4-8-20(18)28(22)14-24/h1-12H,13-14,23-24H2. The first-order valence-corrected chi connectivity index (χ1v) is 9.21. The third-order valence-corrected chi connectivity index (χ3v) is 5.08. The van der Waals surface area contributed by atoms with Gasteiger partial charge in [-0.1, -0.05) is 48.5 Å². The second-order valence-electron chi connectivity index (χ2n) is 6.65. The van der Waals surface area contributed by atoms with Gasteiger partial charge in [-0.25, -0.2) is 9.97 Å². The Kier molecular flexibility index (Phi) is 3.93. The lowest BCUT2D eigenvalue weighted by Gasteiger charge is -2.08. The lowest BCUT2D eigenvalue weighted by Crippen LogP contribution is -2.09. The number of rotatable bonds is 4. The van der Waals surface area contributed by atoms with E-state index < -0.39 is 0 Å². The fourth-order valence-corrected chi connectivity index (χ4v) is 3.73. The van der Waals surface area contributed by atoms with Crippen molar-refractivity contribution in [1.82, 2.24) is 19.1 Å². The van der Waals surface area contributed by atoms with Crippen LogP contribution < -0.4 is 11.5 Å². The molecule has 0 atom stereocenters. The molecule has 0 fully saturated rings. The maximum absolute atomic E-state index is 6.00. The first-order valence-electron chi connectivity index (χ1n) is 9.21. The summed E-state index contributed by atoms with van der Waals surface area (Å²) in [6, 6.07) is 24.3. The van der Waals surface area contributed by atoms with Gasteiger partial charge < -0.3 is 20.6 Å². The van der Waals surface area contributed by atoms with Crippen LogP contribution in [-0.2, 0) is 13.3 Å². The zero-order valence-electron chi connectivity index (χ0n) is 15.3. The molecule has 5 rings (SSSR count). The van der Waals surface area contributed by atoms with Crippen molar-refractivity contribution in [3.05, 3.63) is 72.8 Å². The van der Waals surface area contributed by atoms with E-state index >= 15 is 0 Å². The van der Waals surface area contributed by atoms with Crippen molar-refractivity contribution in [2.24, 2.45) is 11.5 Å². The van der Waals surface area contributed by atoms with Crippen molar-refractivity contribution in [3.63, 3.8) is 0 Å². The topological polar surface area (TPSA) is 87.7 Å². The highest BCUT2D eigenvalue weighted by Crippen LogP contribution is 2.28. The largest absolute Gasteiger partial charge is 0.314 e. The van der Waals surface area contributed by atoms with Crippen LogP contribution in [0, 0.1) is 0 Å². The summed E-state index contributed by atoms with van der Waals surface area (Å²) in [5.74, 6) is 1.73. The lowest BCUT2D eigenvalue weighted by atomic mass is 10.1. The van der Waals surface area contributed by atoms with Gasteiger partial charge >= 0.3 is 0 Å². The van der Waals surface area contributed by atoms with Gasteiger partial charge in [0.1, 0.15) is 11.6 Å². The molecule has 138 valence electrons. The van der Waals surface area contributed by atoms with E-state index in [-0.39, 0.29) is 0 Å². The number of nitrogens with zero attached hydrogens (tertiary/aromatic N) is 4. The van der Waals surface area contributed by atoms with E-state index in [4.69, 9.17) is 21.4 Å². The first-order chi connectivity index (χ1) is 13.8. The fourth-order valence-electron chi connectivity index (χ4n) is 3.73. The number of para-hydroxylation sites is 4. The second-order valence-corrected chi connectivity index (χ2v) is 6.65. The van der Waals surface area contributed by atoms with Gasteiger partial charge in [0.25, 0.3) is 0 Å². The van der Waals surface area contributed by atoms with Crippen LogP contribution in [0.5, 0.6) is 0 Å². The number of benzene rings is 3. The van der Waals surface area contributed by atoms with E-state index in [1.807, 2.05) is 57.7 Å².